The van der Waals surface area contributed by atoms with Crippen LogP contribution < -0.4 is 0 Å². The average molecular weight is 206 g/mol. The van der Waals surface area contributed by atoms with E-state index in [1.54, 1.807) is 7.05 Å². The van der Waals surface area contributed by atoms with Crippen molar-refractivity contribution in [1.29, 1.82) is 0 Å². The second kappa shape index (κ2) is 3.23. The number of imidazole rings is 1. The van der Waals surface area contributed by atoms with Gasteiger partial charge in [-0.15, -0.1) is 0 Å². The van der Waals surface area contributed by atoms with Crippen LogP contribution in [-0.4, -0.2) is 30.8 Å². The van der Waals surface area contributed by atoms with Crippen LogP contribution in [0, 0.1) is 6.92 Å². The molecule has 0 aliphatic rings. The molecule has 2 N–H and O–H groups in total. The largest absolute Gasteiger partial charge is 0.478 e. The number of nitrogens with zero attached hydrogens (tertiary/aromatic N) is 3. The first-order valence-corrected chi connectivity index (χ1v) is 4.37. The standard InChI is InChI=1S/C9H10N4O2/c1-5-7(11-4-10-5)8-6(9(14)15)3-12-13(8)2/h3-4H,1-2H3,(H,10,11)(H,14,15). The van der Waals surface area contributed by atoms with Gasteiger partial charge in [0.25, 0.3) is 0 Å². The lowest BCUT2D eigenvalue weighted by Crippen LogP contribution is -2.01. The molecule has 0 bridgehead atoms. The van der Waals surface area contributed by atoms with E-state index in [0.717, 1.165) is 5.69 Å². The van der Waals surface area contributed by atoms with Crippen LogP contribution in [0.15, 0.2) is 12.5 Å². The van der Waals surface area contributed by atoms with Crippen molar-refractivity contribution in [3.63, 3.8) is 0 Å². The minimum absolute atomic E-state index is 0.160. The van der Waals surface area contributed by atoms with Crippen LogP contribution in [0.2, 0.25) is 0 Å². The third kappa shape index (κ3) is 1.39. The van der Waals surface area contributed by atoms with Crippen LogP contribution in [0.4, 0.5) is 0 Å². The van der Waals surface area contributed by atoms with Gasteiger partial charge in [-0.3, -0.25) is 4.68 Å². The predicted molar refractivity (Wildman–Crippen MR) is 52.5 cm³/mol. The first kappa shape index (κ1) is 9.45. The summed E-state index contributed by atoms with van der Waals surface area (Å²) < 4.78 is 1.51. The predicted octanol–water partition coefficient (Wildman–Crippen LogP) is 0.817. The molecule has 2 heterocycles. The Morgan fingerprint density at radius 3 is 2.87 bits per heavy atom. The second-order valence-corrected chi connectivity index (χ2v) is 3.21. The molecule has 2 aromatic rings. The third-order valence-corrected chi connectivity index (χ3v) is 2.22. The number of H-pyrrole nitrogens is 1. The van der Waals surface area contributed by atoms with Crippen LogP contribution in [0.1, 0.15) is 16.1 Å². The maximum absolute atomic E-state index is 11.0. The Morgan fingerprint density at radius 1 is 1.60 bits per heavy atom. The molecule has 0 saturated carbocycles. The molecule has 6 nitrogen and oxygen atoms in total. The zero-order valence-corrected chi connectivity index (χ0v) is 8.35. The molecule has 0 aliphatic carbocycles. The molecule has 0 aromatic carbocycles. The molecular weight excluding hydrogens is 196 g/mol. The normalized spacial score (nSPS) is 10.5. The molecule has 0 amide bonds. The Kier molecular flexibility index (Phi) is 2.03. The fraction of sp³-hybridized carbons (Fsp3) is 0.222. The van der Waals surface area contributed by atoms with Gasteiger partial charge in [-0.2, -0.15) is 5.10 Å². The van der Waals surface area contributed by atoms with E-state index >= 15 is 0 Å². The summed E-state index contributed by atoms with van der Waals surface area (Å²) in [7, 11) is 1.69. The molecule has 0 unspecified atom stereocenters. The van der Waals surface area contributed by atoms with Crippen molar-refractivity contribution in [2.75, 3.05) is 0 Å². The minimum atomic E-state index is -1.000. The van der Waals surface area contributed by atoms with Crippen molar-refractivity contribution >= 4 is 5.97 Å². The summed E-state index contributed by atoms with van der Waals surface area (Å²) in [5.41, 5.74) is 2.11. The quantitative estimate of drug-likeness (QED) is 0.761. The number of rotatable bonds is 2. The van der Waals surface area contributed by atoms with Gasteiger partial charge in [0.15, 0.2) is 0 Å². The fourth-order valence-electron chi connectivity index (χ4n) is 1.47. The van der Waals surface area contributed by atoms with Gasteiger partial charge >= 0.3 is 5.97 Å². The molecular formula is C9H10N4O2. The van der Waals surface area contributed by atoms with Crippen molar-refractivity contribution in [1.82, 2.24) is 19.7 Å². The van der Waals surface area contributed by atoms with Crippen molar-refractivity contribution in [3.05, 3.63) is 23.8 Å². The van der Waals surface area contributed by atoms with Gasteiger partial charge in [-0.1, -0.05) is 0 Å². The highest BCUT2D eigenvalue weighted by Gasteiger charge is 2.19. The van der Waals surface area contributed by atoms with E-state index in [-0.39, 0.29) is 5.56 Å². The number of aromatic nitrogens is 4. The monoisotopic (exact) mass is 206 g/mol. The van der Waals surface area contributed by atoms with Gasteiger partial charge in [0, 0.05) is 12.7 Å². The second-order valence-electron chi connectivity index (χ2n) is 3.21. The first-order valence-electron chi connectivity index (χ1n) is 4.37. The number of carbonyl (C=O) groups is 1. The Morgan fingerprint density at radius 2 is 2.33 bits per heavy atom. The van der Waals surface area contributed by atoms with E-state index in [2.05, 4.69) is 15.1 Å². The smallest absolute Gasteiger partial charge is 0.339 e. The topological polar surface area (TPSA) is 83.8 Å². The molecule has 0 radical (unpaired) electrons. The first-order chi connectivity index (χ1) is 7.11. The van der Waals surface area contributed by atoms with E-state index in [1.807, 2.05) is 6.92 Å². The van der Waals surface area contributed by atoms with Crippen molar-refractivity contribution in [3.8, 4) is 11.4 Å². The Balaban J connectivity index is 2.66. The number of nitrogens with one attached hydrogen (secondary N) is 1. The number of carboxylic acids is 1. The molecule has 78 valence electrons. The highest BCUT2D eigenvalue weighted by molar-refractivity contribution is 5.94. The zero-order valence-electron chi connectivity index (χ0n) is 8.35. The summed E-state index contributed by atoms with van der Waals surface area (Å²) in [6.45, 7) is 1.83. The summed E-state index contributed by atoms with van der Waals surface area (Å²) >= 11 is 0. The van der Waals surface area contributed by atoms with Gasteiger partial charge in [0.1, 0.15) is 17.0 Å². The lowest BCUT2D eigenvalue weighted by atomic mass is 10.1. The summed E-state index contributed by atoms with van der Waals surface area (Å²) in [6, 6.07) is 0. The van der Waals surface area contributed by atoms with Gasteiger partial charge < -0.3 is 10.1 Å². The van der Waals surface area contributed by atoms with E-state index in [0.29, 0.717) is 11.4 Å². The van der Waals surface area contributed by atoms with Crippen LogP contribution in [-0.2, 0) is 7.05 Å². The number of aromatic carboxylic acids is 1. The summed E-state index contributed by atoms with van der Waals surface area (Å²) in [6.07, 6.45) is 2.86. The molecule has 0 aliphatic heterocycles. The third-order valence-electron chi connectivity index (χ3n) is 2.22. The van der Waals surface area contributed by atoms with Gasteiger partial charge in [-0.25, -0.2) is 9.78 Å². The van der Waals surface area contributed by atoms with Crippen LogP contribution in [0.25, 0.3) is 11.4 Å². The maximum Gasteiger partial charge on any atom is 0.339 e. The van der Waals surface area contributed by atoms with Crippen molar-refractivity contribution < 1.29 is 9.90 Å². The number of aromatic amines is 1. The van der Waals surface area contributed by atoms with E-state index in [1.165, 1.54) is 17.2 Å². The Hall–Kier alpha value is -2.11. The highest BCUT2D eigenvalue weighted by Crippen LogP contribution is 2.23. The summed E-state index contributed by atoms with van der Waals surface area (Å²) in [5.74, 6) is -1.000. The van der Waals surface area contributed by atoms with E-state index in [4.69, 9.17) is 5.11 Å². The molecule has 0 fully saturated rings. The number of aryl methyl sites for hydroxylation is 2. The molecule has 2 aromatic heterocycles. The number of hydrogen-bond acceptors (Lipinski definition) is 3. The molecule has 0 saturated heterocycles. The Labute approximate surface area is 85.6 Å². The summed E-state index contributed by atoms with van der Waals surface area (Å²) in [5, 5.41) is 12.9. The van der Waals surface area contributed by atoms with Crippen LogP contribution in [0.5, 0.6) is 0 Å². The number of carboxylic acid groups (broad SMARTS) is 1. The van der Waals surface area contributed by atoms with Gasteiger partial charge in [0.05, 0.1) is 12.5 Å². The average Bonchev–Trinajstić information content (AvgIpc) is 2.71. The minimum Gasteiger partial charge on any atom is -0.478 e. The lowest BCUT2D eigenvalue weighted by Gasteiger charge is -2.01. The van der Waals surface area contributed by atoms with Crippen LogP contribution >= 0.6 is 0 Å². The van der Waals surface area contributed by atoms with Gasteiger partial charge in [0.2, 0.25) is 0 Å². The Bertz CT molecular complexity index is 512. The van der Waals surface area contributed by atoms with Crippen molar-refractivity contribution in [2.24, 2.45) is 7.05 Å². The molecule has 0 spiro atoms. The number of hydrogen-bond donors (Lipinski definition) is 2. The highest BCUT2D eigenvalue weighted by atomic mass is 16.4. The SMILES string of the molecule is Cc1[nH]cnc1-c1c(C(=O)O)cnn1C. The maximum atomic E-state index is 11.0. The fourth-order valence-corrected chi connectivity index (χ4v) is 1.47. The molecule has 0 atom stereocenters. The van der Waals surface area contributed by atoms with E-state index in [9.17, 15) is 4.79 Å². The van der Waals surface area contributed by atoms with Crippen molar-refractivity contribution in [2.45, 2.75) is 6.92 Å². The lowest BCUT2D eigenvalue weighted by molar-refractivity contribution is 0.0697. The molecule has 2 rings (SSSR count). The zero-order chi connectivity index (χ0) is 11.0. The van der Waals surface area contributed by atoms with Crippen LogP contribution in [0.3, 0.4) is 0 Å². The van der Waals surface area contributed by atoms with E-state index < -0.39 is 5.97 Å². The molecule has 6 heteroatoms. The van der Waals surface area contributed by atoms with Gasteiger partial charge in [-0.05, 0) is 6.92 Å². The molecule has 15 heavy (non-hydrogen) atoms. The summed E-state index contributed by atoms with van der Waals surface area (Å²) in [4.78, 5) is 17.9.